The largest absolute Gasteiger partial charge is 0.471 e. The number of rotatable bonds is 0. The average molecular weight is 165 g/mol. The first kappa shape index (κ1) is 8.91. The molecular formula is C10H15NO. The molecule has 2 nitrogen and oxygen atoms in total. The molecule has 0 spiro atoms. The molecule has 0 saturated carbocycles. The van der Waals surface area contributed by atoms with Crippen LogP contribution in [0.5, 0.6) is 0 Å². The van der Waals surface area contributed by atoms with Gasteiger partial charge in [0.15, 0.2) is 0 Å². The van der Waals surface area contributed by atoms with Crippen LogP contribution >= 0.6 is 0 Å². The molecule has 0 fully saturated rings. The van der Waals surface area contributed by atoms with Crippen LogP contribution in [0.3, 0.4) is 0 Å². The van der Waals surface area contributed by atoms with Crippen molar-refractivity contribution in [3.63, 3.8) is 0 Å². The van der Waals surface area contributed by atoms with Crippen molar-refractivity contribution in [2.45, 2.75) is 13.8 Å². The molecule has 1 aliphatic rings. The Hall–Kier alpha value is -1.18. The van der Waals surface area contributed by atoms with E-state index in [0.717, 1.165) is 5.70 Å². The molecule has 0 N–H and O–H groups in total. The van der Waals surface area contributed by atoms with E-state index >= 15 is 0 Å². The Balaban J connectivity index is 2.92. The zero-order valence-corrected chi connectivity index (χ0v) is 7.87. The lowest BCUT2D eigenvalue weighted by Gasteiger charge is -2.30. The molecule has 0 saturated heterocycles. The molecule has 0 unspecified atom stereocenters. The summed E-state index contributed by atoms with van der Waals surface area (Å²) < 4.78 is 5.08. The standard InChI is InChI=1S/C10H15NO/c1-9-10(2,3)5-7-12-8-6-11(9)4/h5-8H,1H2,2-4H3/b7-5-,8-6?. The van der Waals surface area contributed by atoms with Crippen LogP contribution in [-0.2, 0) is 4.74 Å². The third-order valence-corrected chi connectivity index (χ3v) is 2.10. The highest BCUT2D eigenvalue weighted by atomic mass is 16.5. The van der Waals surface area contributed by atoms with Crippen LogP contribution in [0, 0.1) is 5.41 Å². The van der Waals surface area contributed by atoms with E-state index in [9.17, 15) is 0 Å². The molecule has 12 heavy (non-hydrogen) atoms. The van der Waals surface area contributed by atoms with Crippen molar-refractivity contribution in [1.82, 2.24) is 4.90 Å². The molecule has 1 aliphatic heterocycles. The summed E-state index contributed by atoms with van der Waals surface area (Å²) in [4.78, 5) is 1.96. The normalized spacial score (nSPS) is 24.2. The summed E-state index contributed by atoms with van der Waals surface area (Å²) in [5, 5.41) is 0. The molecule has 0 aromatic rings. The SMILES string of the molecule is C=C1N(C)C=CO/C=C\C1(C)C. The average Bonchev–Trinajstić information content (AvgIpc) is 2.00. The molecule has 1 rings (SSSR count). The van der Waals surface area contributed by atoms with Crippen LogP contribution in [-0.4, -0.2) is 11.9 Å². The summed E-state index contributed by atoms with van der Waals surface area (Å²) >= 11 is 0. The van der Waals surface area contributed by atoms with E-state index in [0.29, 0.717) is 0 Å². The molecule has 0 aromatic carbocycles. The van der Waals surface area contributed by atoms with Crippen molar-refractivity contribution >= 4 is 0 Å². The van der Waals surface area contributed by atoms with Crippen molar-refractivity contribution in [3.8, 4) is 0 Å². The fraction of sp³-hybridized carbons (Fsp3) is 0.400. The van der Waals surface area contributed by atoms with E-state index in [-0.39, 0.29) is 5.41 Å². The first-order chi connectivity index (χ1) is 5.54. The second kappa shape index (κ2) is 3.05. The maximum atomic E-state index is 5.08. The maximum absolute atomic E-state index is 5.08. The second-order valence-corrected chi connectivity index (χ2v) is 3.50. The predicted molar refractivity (Wildman–Crippen MR) is 50.0 cm³/mol. The molecule has 0 amide bonds. The summed E-state index contributed by atoms with van der Waals surface area (Å²) in [6, 6.07) is 0. The van der Waals surface area contributed by atoms with Gasteiger partial charge in [-0.05, 0) is 6.08 Å². The van der Waals surface area contributed by atoms with Gasteiger partial charge < -0.3 is 9.64 Å². The van der Waals surface area contributed by atoms with Crippen LogP contribution < -0.4 is 0 Å². The number of ether oxygens (including phenoxy) is 1. The van der Waals surface area contributed by atoms with Crippen molar-refractivity contribution in [1.29, 1.82) is 0 Å². The van der Waals surface area contributed by atoms with E-state index in [1.807, 2.05) is 24.2 Å². The Morgan fingerprint density at radius 1 is 1.42 bits per heavy atom. The summed E-state index contributed by atoms with van der Waals surface area (Å²) in [6.45, 7) is 8.22. The highest BCUT2D eigenvalue weighted by Gasteiger charge is 2.21. The van der Waals surface area contributed by atoms with Crippen molar-refractivity contribution in [3.05, 3.63) is 37.1 Å². The van der Waals surface area contributed by atoms with Gasteiger partial charge in [-0.3, -0.25) is 0 Å². The lowest BCUT2D eigenvalue weighted by atomic mass is 9.89. The van der Waals surface area contributed by atoms with E-state index in [1.165, 1.54) is 0 Å². The van der Waals surface area contributed by atoms with E-state index < -0.39 is 0 Å². The van der Waals surface area contributed by atoms with Gasteiger partial charge in [0.05, 0.1) is 6.26 Å². The van der Waals surface area contributed by atoms with Crippen LogP contribution in [0.2, 0.25) is 0 Å². The first-order valence-electron chi connectivity index (χ1n) is 3.96. The van der Waals surface area contributed by atoms with E-state index in [2.05, 4.69) is 20.4 Å². The van der Waals surface area contributed by atoms with Crippen molar-refractivity contribution < 1.29 is 4.74 Å². The Morgan fingerprint density at radius 3 is 2.75 bits per heavy atom. The lowest BCUT2D eigenvalue weighted by molar-refractivity contribution is 0.340. The molecule has 0 aromatic heterocycles. The summed E-state index contributed by atoms with van der Waals surface area (Å²) in [5.74, 6) is 0. The van der Waals surface area contributed by atoms with E-state index in [1.54, 1.807) is 12.5 Å². The van der Waals surface area contributed by atoms with Crippen molar-refractivity contribution in [2.75, 3.05) is 7.05 Å². The van der Waals surface area contributed by atoms with Gasteiger partial charge in [-0.15, -0.1) is 0 Å². The Morgan fingerprint density at radius 2 is 2.08 bits per heavy atom. The minimum absolute atomic E-state index is 0.0422. The molecule has 0 atom stereocenters. The number of allylic oxidation sites excluding steroid dienone is 1. The predicted octanol–water partition coefficient (Wildman–Crippen LogP) is 2.47. The molecule has 0 aliphatic carbocycles. The number of hydrogen-bond acceptors (Lipinski definition) is 2. The monoisotopic (exact) mass is 165 g/mol. The van der Waals surface area contributed by atoms with Gasteiger partial charge in [0, 0.05) is 24.4 Å². The number of nitrogens with zero attached hydrogens (tertiary/aromatic N) is 1. The topological polar surface area (TPSA) is 12.5 Å². The zero-order chi connectivity index (χ0) is 9.19. The van der Waals surface area contributed by atoms with Gasteiger partial charge in [-0.25, -0.2) is 0 Å². The summed E-state index contributed by atoms with van der Waals surface area (Å²) in [7, 11) is 1.96. The minimum atomic E-state index is -0.0422. The highest BCUT2D eigenvalue weighted by Crippen LogP contribution is 2.29. The smallest absolute Gasteiger partial charge is 0.106 e. The Kier molecular flexibility index (Phi) is 2.27. The fourth-order valence-corrected chi connectivity index (χ4v) is 1.02. The number of hydrogen-bond donors (Lipinski definition) is 0. The van der Waals surface area contributed by atoms with Crippen LogP contribution in [0.25, 0.3) is 0 Å². The summed E-state index contributed by atoms with van der Waals surface area (Å²) in [6.07, 6.45) is 7.18. The first-order valence-corrected chi connectivity index (χ1v) is 3.96. The van der Waals surface area contributed by atoms with Crippen LogP contribution in [0.15, 0.2) is 37.1 Å². The third kappa shape index (κ3) is 1.70. The summed E-state index contributed by atoms with van der Waals surface area (Å²) in [5.41, 5.74) is 1.01. The molecule has 2 heteroatoms. The minimum Gasteiger partial charge on any atom is -0.471 e. The maximum Gasteiger partial charge on any atom is 0.106 e. The van der Waals surface area contributed by atoms with Gasteiger partial charge in [-0.2, -0.15) is 0 Å². The lowest BCUT2D eigenvalue weighted by Crippen LogP contribution is -2.23. The Labute approximate surface area is 73.8 Å². The highest BCUT2D eigenvalue weighted by molar-refractivity contribution is 5.17. The van der Waals surface area contributed by atoms with Crippen LogP contribution in [0.1, 0.15) is 13.8 Å². The van der Waals surface area contributed by atoms with Gasteiger partial charge in [0.2, 0.25) is 0 Å². The van der Waals surface area contributed by atoms with Gasteiger partial charge in [0.25, 0.3) is 0 Å². The van der Waals surface area contributed by atoms with E-state index in [4.69, 9.17) is 4.74 Å². The fourth-order valence-electron chi connectivity index (χ4n) is 1.02. The van der Waals surface area contributed by atoms with Crippen LogP contribution in [0.4, 0.5) is 0 Å². The zero-order valence-electron chi connectivity index (χ0n) is 7.87. The molecule has 66 valence electrons. The molecule has 1 heterocycles. The Bertz CT molecular complexity index is 238. The van der Waals surface area contributed by atoms with Gasteiger partial charge in [0.1, 0.15) is 6.26 Å². The second-order valence-electron chi connectivity index (χ2n) is 3.50. The molecule has 0 bridgehead atoms. The van der Waals surface area contributed by atoms with Gasteiger partial charge >= 0.3 is 0 Å². The quantitative estimate of drug-likeness (QED) is 0.546. The molecular weight excluding hydrogens is 150 g/mol. The molecule has 0 radical (unpaired) electrons. The van der Waals surface area contributed by atoms with Gasteiger partial charge in [-0.1, -0.05) is 20.4 Å². The third-order valence-electron chi connectivity index (χ3n) is 2.10. The van der Waals surface area contributed by atoms with Crippen molar-refractivity contribution in [2.24, 2.45) is 5.41 Å².